The second-order valence-electron chi connectivity index (χ2n) is 6.01. The molecule has 0 saturated heterocycles. The summed E-state index contributed by atoms with van der Waals surface area (Å²) in [4.78, 5) is 24.8. The van der Waals surface area contributed by atoms with Gasteiger partial charge in [0, 0.05) is 29.8 Å². The number of aromatic nitrogens is 5. The zero-order valence-electron chi connectivity index (χ0n) is 14.5. The molecule has 0 bridgehead atoms. The number of carbonyl (C=O) groups is 1. The van der Waals surface area contributed by atoms with Gasteiger partial charge in [0.25, 0.3) is 5.89 Å². The van der Waals surface area contributed by atoms with Crippen LogP contribution >= 0.6 is 0 Å². The van der Waals surface area contributed by atoms with Gasteiger partial charge in [-0.15, -0.1) is 0 Å². The molecule has 27 heavy (non-hydrogen) atoms. The first-order valence-corrected chi connectivity index (χ1v) is 8.30. The number of amides is 1. The lowest BCUT2D eigenvalue weighted by Crippen LogP contribution is -2.17. The third-order valence-corrected chi connectivity index (χ3v) is 3.84. The van der Waals surface area contributed by atoms with Crippen LogP contribution in [-0.2, 0) is 11.3 Å². The van der Waals surface area contributed by atoms with Crippen molar-refractivity contribution in [2.45, 2.75) is 13.5 Å². The maximum absolute atomic E-state index is 12.2. The van der Waals surface area contributed by atoms with E-state index >= 15 is 0 Å². The van der Waals surface area contributed by atoms with Gasteiger partial charge in [0.2, 0.25) is 11.7 Å². The summed E-state index contributed by atoms with van der Waals surface area (Å²) >= 11 is 0. The highest BCUT2D eigenvalue weighted by atomic mass is 16.5. The van der Waals surface area contributed by atoms with Gasteiger partial charge in [0.1, 0.15) is 12.2 Å². The van der Waals surface area contributed by atoms with Crippen LogP contribution in [0, 0.1) is 6.92 Å². The van der Waals surface area contributed by atoms with Crippen LogP contribution in [0.3, 0.4) is 0 Å². The fourth-order valence-electron chi connectivity index (χ4n) is 2.59. The van der Waals surface area contributed by atoms with Crippen molar-refractivity contribution >= 4 is 11.6 Å². The average molecular weight is 360 g/mol. The lowest BCUT2D eigenvalue weighted by atomic mass is 10.2. The second kappa shape index (κ2) is 7.20. The highest BCUT2D eigenvalue weighted by molar-refractivity contribution is 5.90. The van der Waals surface area contributed by atoms with Crippen LogP contribution < -0.4 is 5.32 Å². The van der Waals surface area contributed by atoms with Crippen LogP contribution in [0.25, 0.3) is 23.0 Å². The molecule has 0 fully saturated rings. The normalized spacial score (nSPS) is 10.7. The van der Waals surface area contributed by atoms with Crippen LogP contribution in [-0.4, -0.2) is 30.6 Å². The molecule has 0 radical (unpaired) electrons. The Hall–Kier alpha value is -3.81. The van der Waals surface area contributed by atoms with E-state index in [2.05, 4.69) is 25.4 Å². The Kier molecular flexibility index (Phi) is 4.44. The van der Waals surface area contributed by atoms with Crippen molar-refractivity contribution in [2.75, 3.05) is 5.32 Å². The number of pyridine rings is 1. The molecule has 3 heterocycles. The van der Waals surface area contributed by atoms with E-state index in [1.807, 2.05) is 31.2 Å². The number of nitrogens with zero attached hydrogens (tertiary/aromatic N) is 5. The molecular formula is C19H16N6O2. The summed E-state index contributed by atoms with van der Waals surface area (Å²) in [6.45, 7) is 2.11. The molecule has 8 heteroatoms. The van der Waals surface area contributed by atoms with E-state index in [1.165, 1.54) is 0 Å². The molecule has 1 N–H and O–H groups in total. The van der Waals surface area contributed by atoms with E-state index in [0.717, 1.165) is 16.8 Å². The summed E-state index contributed by atoms with van der Waals surface area (Å²) in [5, 5.41) is 6.81. The molecule has 0 aliphatic heterocycles. The minimum absolute atomic E-state index is 0.135. The third-order valence-electron chi connectivity index (χ3n) is 3.84. The summed E-state index contributed by atoms with van der Waals surface area (Å²) in [6.07, 6.45) is 6.58. The first-order valence-electron chi connectivity index (χ1n) is 8.30. The Labute approximate surface area is 154 Å². The Morgan fingerprint density at radius 3 is 2.89 bits per heavy atom. The zero-order valence-corrected chi connectivity index (χ0v) is 14.5. The average Bonchev–Trinajstić information content (AvgIpc) is 3.32. The number of nitrogens with one attached hydrogen (secondary N) is 1. The molecule has 0 aliphatic rings. The molecule has 1 aromatic carbocycles. The Bertz CT molecular complexity index is 1070. The summed E-state index contributed by atoms with van der Waals surface area (Å²) in [6, 6.07) is 11.2. The number of hydrogen-bond acceptors (Lipinski definition) is 6. The topological polar surface area (TPSA) is 98.7 Å². The van der Waals surface area contributed by atoms with Crippen LogP contribution in [0.5, 0.6) is 0 Å². The molecule has 0 spiro atoms. The molecule has 0 atom stereocenters. The molecule has 8 nitrogen and oxygen atoms in total. The smallest absolute Gasteiger partial charge is 0.258 e. The maximum atomic E-state index is 12.2. The number of hydrogen-bond donors (Lipinski definition) is 1. The SMILES string of the molecule is Cc1cccc(NC(=O)Cn2cnc(-c3noc(-c4ccncc4)n3)c2)c1. The number of imidazole rings is 1. The van der Waals surface area contributed by atoms with Crippen molar-refractivity contribution < 1.29 is 9.32 Å². The fourth-order valence-corrected chi connectivity index (χ4v) is 2.59. The van der Waals surface area contributed by atoms with Gasteiger partial charge in [-0.2, -0.15) is 4.98 Å². The maximum Gasteiger partial charge on any atom is 0.258 e. The molecule has 0 aliphatic carbocycles. The predicted octanol–water partition coefficient (Wildman–Crippen LogP) is 2.94. The lowest BCUT2D eigenvalue weighted by molar-refractivity contribution is -0.116. The number of aryl methyl sites for hydroxylation is 1. The monoisotopic (exact) mass is 360 g/mol. The number of rotatable bonds is 5. The molecule has 0 unspecified atom stereocenters. The van der Waals surface area contributed by atoms with Crippen LogP contribution in [0.15, 0.2) is 65.8 Å². The first kappa shape index (κ1) is 16.6. The van der Waals surface area contributed by atoms with Crippen molar-refractivity contribution in [3.8, 4) is 23.0 Å². The number of anilines is 1. The van der Waals surface area contributed by atoms with Gasteiger partial charge in [-0.05, 0) is 36.8 Å². The van der Waals surface area contributed by atoms with Crippen molar-refractivity contribution in [2.24, 2.45) is 0 Å². The lowest BCUT2D eigenvalue weighted by Gasteiger charge is -2.06. The molecule has 0 saturated carbocycles. The molecule has 4 rings (SSSR count). The Morgan fingerprint density at radius 1 is 1.22 bits per heavy atom. The minimum atomic E-state index is -0.143. The summed E-state index contributed by atoms with van der Waals surface area (Å²) in [5.74, 6) is 0.605. The Balaban J connectivity index is 1.44. The fraction of sp³-hybridized carbons (Fsp3) is 0.105. The van der Waals surface area contributed by atoms with Gasteiger partial charge >= 0.3 is 0 Å². The highest BCUT2D eigenvalue weighted by Gasteiger charge is 2.13. The van der Waals surface area contributed by atoms with Gasteiger partial charge < -0.3 is 14.4 Å². The molecule has 3 aromatic heterocycles. The van der Waals surface area contributed by atoms with Crippen molar-refractivity contribution in [3.63, 3.8) is 0 Å². The largest absolute Gasteiger partial charge is 0.334 e. The second-order valence-corrected chi connectivity index (χ2v) is 6.01. The van der Waals surface area contributed by atoms with Gasteiger partial charge in [0.15, 0.2) is 0 Å². The zero-order chi connectivity index (χ0) is 18.6. The first-order chi connectivity index (χ1) is 13.2. The van der Waals surface area contributed by atoms with E-state index in [1.54, 1.807) is 41.6 Å². The Morgan fingerprint density at radius 2 is 2.07 bits per heavy atom. The van der Waals surface area contributed by atoms with E-state index < -0.39 is 0 Å². The van der Waals surface area contributed by atoms with E-state index in [4.69, 9.17) is 4.52 Å². The number of benzene rings is 1. The molecular weight excluding hydrogens is 344 g/mol. The molecule has 1 amide bonds. The standard InChI is InChI=1S/C19H16N6O2/c1-13-3-2-4-15(9-13)22-17(26)11-25-10-16(21-12-25)18-23-19(27-24-18)14-5-7-20-8-6-14/h2-10,12H,11H2,1H3,(H,22,26). The third kappa shape index (κ3) is 3.90. The van der Waals surface area contributed by atoms with Gasteiger partial charge in [-0.3, -0.25) is 9.78 Å². The van der Waals surface area contributed by atoms with Crippen molar-refractivity contribution in [3.05, 3.63) is 66.9 Å². The van der Waals surface area contributed by atoms with Crippen LogP contribution in [0.2, 0.25) is 0 Å². The minimum Gasteiger partial charge on any atom is -0.334 e. The van der Waals surface area contributed by atoms with Crippen molar-refractivity contribution in [1.29, 1.82) is 0 Å². The number of carbonyl (C=O) groups excluding carboxylic acids is 1. The molecule has 4 aromatic rings. The summed E-state index contributed by atoms with van der Waals surface area (Å²) in [5.41, 5.74) is 3.16. The molecule has 134 valence electrons. The van der Waals surface area contributed by atoms with E-state index in [0.29, 0.717) is 17.4 Å². The quantitative estimate of drug-likeness (QED) is 0.587. The van der Waals surface area contributed by atoms with Gasteiger partial charge in [-0.25, -0.2) is 4.98 Å². The van der Waals surface area contributed by atoms with E-state index in [9.17, 15) is 4.79 Å². The van der Waals surface area contributed by atoms with E-state index in [-0.39, 0.29) is 12.5 Å². The van der Waals surface area contributed by atoms with Gasteiger partial charge in [-0.1, -0.05) is 17.3 Å². The summed E-state index contributed by atoms with van der Waals surface area (Å²) < 4.78 is 6.94. The highest BCUT2D eigenvalue weighted by Crippen LogP contribution is 2.20. The summed E-state index contributed by atoms with van der Waals surface area (Å²) in [7, 11) is 0. The van der Waals surface area contributed by atoms with Crippen LogP contribution in [0.1, 0.15) is 5.56 Å². The van der Waals surface area contributed by atoms with Crippen molar-refractivity contribution in [1.82, 2.24) is 24.7 Å². The predicted molar refractivity (Wildman–Crippen MR) is 98.6 cm³/mol. The van der Waals surface area contributed by atoms with Crippen LogP contribution in [0.4, 0.5) is 5.69 Å². The van der Waals surface area contributed by atoms with Gasteiger partial charge in [0.05, 0.1) is 6.33 Å².